The van der Waals surface area contributed by atoms with Crippen molar-refractivity contribution < 1.29 is 32.5 Å². The number of nitrogens with zero attached hydrogens (tertiary/aromatic N) is 1. The second-order valence-electron chi connectivity index (χ2n) is 6.33. The summed E-state index contributed by atoms with van der Waals surface area (Å²) in [4.78, 5) is 47.0. The van der Waals surface area contributed by atoms with Crippen LogP contribution in [0.5, 0.6) is 0 Å². The molecule has 1 amide bonds. The number of ketones is 2. The van der Waals surface area contributed by atoms with Gasteiger partial charge in [0.2, 0.25) is 5.91 Å². The summed E-state index contributed by atoms with van der Waals surface area (Å²) in [5, 5.41) is 13.6. The van der Waals surface area contributed by atoms with Gasteiger partial charge in [-0.1, -0.05) is 6.92 Å². The Balaban J connectivity index is 2.45. The van der Waals surface area contributed by atoms with Crippen LogP contribution in [0, 0.1) is 16.0 Å². The van der Waals surface area contributed by atoms with Gasteiger partial charge in [-0.05, 0) is 25.5 Å². The van der Waals surface area contributed by atoms with Crippen LogP contribution in [0.15, 0.2) is 18.2 Å². The summed E-state index contributed by atoms with van der Waals surface area (Å²) in [6.07, 6.45) is -4.57. The number of carbonyl (C=O) groups is 3. The van der Waals surface area contributed by atoms with Gasteiger partial charge in [0.1, 0.15) is 0 Å². The van der Waals surface area contributed by atoms with Crippen molar-refractivity contribution in [1.82, 2.24) is 5.32 Å². The normalized spacial score (nSPS) is 23.5. The van der Waals surface area contributed by atoms with E-state index in [1.165, 1.54) is 0 Å². The lowest BCUT2D eigenvalue weighted by atomic mass is 9.79. The Morgan fingerprint density at radius 2 is 2.00 bits per heavy atom. The summed E-state index contributed by atoms with van der Waals surface area (Å²) in [7, 11) is 0. The van der Waals surface area contributed by atoms with E-state index in [2.05, 4.69) is 5.32 Å². The van der Waals surface area contributed by atoms with E-state index in [0.717, 1.165) is 0 Å². The average Bonchev–Trinajstić information content (AvgIpc) is 2.52. The van der Waals surface area contributed by atoms with Crippen LogP contribution in [0.2, 0.25) is 0 Å². The average molecular weight is 372 g/mol. The first-order chi connectivity index (χ1) is 11.9. The summed E-state index contributed by atoms with van der Waals surface area (Å²) in [5.41, 5.74) is -3.96. The Labute approximate surface area is 145 Å². The zero-order valence-electron chi connectivity index (χ0n) is 13.8. The van der Waals surface area contributed by atoms with Crippen LogP contribution >= 0.6 is 0 Å². The highest BCUT2D eigenvalue weighted by Gasteiger charge is 2.46. The lowest BCUT2D eigenvalue weighted by Crippen LogP contribution is -2.58. The maximum absolute atomic E-state index is 12.7. The first-order valence-electron chi connectivity index (χ1n) is 7.64. The number of halogens is 3. The zero-order chi connectivity index (χ0) is 19.9. The number of hydrogen-bond acceptors (Lipinski definition) is 5. The number of benzene rings is 1. The highest BCUT2D eigenvalue weighted by Crippen LogP contribution is 2.34. The van der Waals surface area contributed by atoms with Crippen molar-refractivity contribution in [3.8, 4) is 0 Å². The molecule has 0 aromatic heterocycles. The van der Waals surface area contributed by atoms with Crippen LogP contribution in [0.1, 0.15) is 42.6 Å². The second kappa shape index (κ2) is 6.50. The SMILES string of the molecule is CCC1(C)CC(=O)C(C(=O)c2ccc(C(F)(F)F)cc2[N+](=O)[O-])C(=O)N1. The summed E-state index contributed by atoms with van der Waals surface area (Å²) in [5.74, 6) is -4.64. The lowest BCUT2D eigenvalue weighted by Gasteiger charge is -2.35. The Bertz CT molecular complexity index is 786. The van der Waals surface area contributed by atoms with Gasteiger partial charge in [-0.25, -0.2) is 0 Å². The Kier molecular flexibility index (Phi) is 4.89. The molecule has 26 heavy (non-hydrogen) atoms. The van der Waals surface area contributed by atoms with E-state index < -0.39 is 56.8 Å². The molecule has 1 fully saturated rings. The van der Waals surface area contributed by atoms with Gasteiger partial charge >= 0.3 is 6.18 Å². The number of hydrogen-bond donors (Lipinski definition) is 1. The van der Waals surface area contributed by atoms with Gasteiger partial charge < -0.3 is 5.32 Å². The van der Waals surface area contributed by atoms with Gasteiger partial charge in [-0.3, -0.25) is 24.5 Å². The van der Waals surface area contributed by atoms with Crippen LogP contribution in [0.3, 0.4) is 0 Å². The van der Waals surface area contributed by atoms with Gasteiger partial charge in [0.25, 0.3) is 5.69 Å². The number of piperidine rings is 1. The van der Waals surface area contributed by atoms with Gasteiger partial charge in [-0.15, -0.1) is 0 Å². The molecular formula is C16H15F3N2O5. The molecule has 1 heterocycles. The fourth-order valence-electron chi connectivity index (χ4n) is 2.75. The van der Waals surface area contributed by atoms with Crippen LogP contribution in [-0.4, -0.2) is 27.9 Å². The number of nitro groups is 1. The van der Waals surface area contributed by atoms with Gasteiger partial charge in [0, 0.05) is 18.0 Å². The van der Waals surface area contributed by atoms with Crippen molar-refractivity contribution in [2.45, 2.75) is 38.4 Å². The molecule has 1 N–H and O–H groups in total. The molecule has 0 spiro atoms. The van der Waals surface area contributed by atoms with Crippen molar-refractivity contribution in [2.75, 3.05) is 0 Å². The van der Waals surface area contributed by atoms with Crippen molar-refractivity contribution in [3.63, 3.8) is 0 Å². The van der Waals surface area contributed by atoms with Crippen molar-refractivity contribution in [2.24, 2.45) is 5.92 Å². The van der Waals surface area contributed by atoms with Crippen LogP contribution in [-0.2, 0) is 15.8 Å². The summed E-state index contributed by atoms with van der Waals surface area (Å²) in [6, 6.07) is 1.34. The topological polar surface area (TPSA) is 106 Å². The van der Waals surface area contributed by atoms with Gasteiger partial charge in [0.05, 0.1) is 16.1 Å². The standard InChI is InChI=1S/C16H15F3N2O5/c1-3-15(2)7-11(22)12(14(24)20-15)13(23)9-5-4-8(16(17,18)19)6-10(9)21(25)26/h4-6,12H,3,7H2,1-2H3,(H,20,24). The van der Waals surface area contributed by atoms with Crippen molar-refractivity contribution in [3.05, 3.63) is 39.4 Å². The van der Waals surface area contributed by atoms with E-state index in [1.54, 1.807) is 13.8 Å². The predicted octanol–water partition coefficient (Wildman–Crippen LogP) is 2.67. The molecule has 10 heteroatoms. The quantitative estimate of drug-likeness (QED) is 0.378. The first-order valence-corrected chi connectivity index (χ1v) is 7.64. The first kappa shape index (κ1) is 19.5. The summed E-state index contributed by atoms with van der Waals surface area (Å²) >= 11 is 0. The molecular weight excluding hydrogens is 357 g/mol. The maximum Gasteiger partial charge on any atom is 0.416 e. The molecule has 140 valence electrons. The Hall–Kier alpha value is -2.78. The molecule has 2 atom stereocenters. The van der Waals surface area contributed by atoms with E-state index in [-0.39, 0.29) is 12.5 Å². The molecule has 7 nitrogen and oxygen atoms in total. The third kappa shape index (κ3) is 3.58. The number of carbonyl (C=O) groups excluding carboxylic acids is 3. The Morgan fingerprint density at radius 3 is 2.46 bits per heavy atom. The van der Waals surface area contributed by atoms with Gasteiger partial charge in [-0.2, -0.15) is 13.2 Å². The zero-order valence-corrected chi connectivity index (χ0v) is 13.8. The molecule has 1 aliphatic rings. The number of nitro benzene ring substituents is 1. The van der Waals surface area contributed by atoms with Crippen molar-refractivity contribution >= 4 is 23.2 Å². The largest absolute Gasteiger partial charge is 0.416 e. The van der Waals surface area contributed by atoms with Crippen molar-refractivity contribution in [1.29, 1.82) is 0 Å². The highest BCUT2D eigenvalue weighted by molar-refractivity contribution is 6.25. The summed E-state index contributed by atoms with van der Waals surface area (Å²) in [6.45, 7) is 3.35. The fraction of sp³-hybridized carbons (Fsp3) is 0.438. The number of amides is 1. The van der Waals surface area contributed by atoms with E-state index in [4.69, 9.17) is 0 Å². The molecule has 0 radical (unpaired) electrons. The Morgan fingerprint density at radius 1 is 1.38 bits per heavy atom. The van der Waals surface area contributed by atoms with Crippen LogP contribution < -0.4 is 5.32 Å². The molecule has 1 aromatic carbocycles. The lowest BCUT2D eigenvalue weighted by molar-refractivity contribution is -0.385. The number of Topliss-reactive ketones (excluding diaryl/α,β-unsaturated/α-hetero) is 2. The number of rotatable bonds is 4. The molecule has 2 unspecified atom stereocenters. The van der Waals surface area contributed by atoms with E-state index >= 15 is 0 Å². The summed E-state index contributed by atoms with van der Waals surface area (Å²) < 4.78 is 38.2. The molecule has 2 rings (SSSR count). The van der Waals surface area contributed by atoms with E-state index in [1.807, 2.05) is 0 Å². The third-order valence-corrected chi connectivity index (χ3v) is 4.40. The second-order valence-corrected chi connectivity index (χ2v) is 6.33. The van der Waals surface area contributed by atoms with Gasteiger partial charge in [0.15, 0.2) is 17.5 Å². The molecule has 1 aliphatic heterocycles. The third-order valence-electron chi connectivity index (χ3n) is 4.40. The minimum Gasteiger partial charge on any atom is -0.349 e. The monoisotopic (exact) mass is 372 g/mol. The molecule has 0 bridgehead atoms. The molecule has 0 aliphatic carbocycles. The molecule has 0 saturated carbocycles. The van der Waals surface area contributed by atoms with Crippen LogP contribution in [0.4, 0.5) is 18.9 Å². The smallest absolute Gasteiger partial charge is 0.349 e. The predicted molar refractivity (Wildman–Crippen MR) is 82.4 cm³/mol. The minimum absolute atomic E-state index is 0.153. The number of alkyl halides is 3. The van der Waals surface area contributed by atoms with Crippen LogP contribution in [0.25, 0.3) is 0 Å². The van der Waals surface area contributed by atoms with E-state index in [0.29, 0.717) is 18.6 Å². The fourth-order valence-corrected chi connectivity index (χ4v) is 2.75. The molecule has 1 saturated heterocycles. The maximum atomic E-state index is 12.7. The van der Waals surface area contributed by atoms with E-state index in [9.17, 15) is 37.7 Å². The molecule has 1 aromatic rings. The number of nitrogens with one attached hydrogen (secondary N) is 1. The minimum atomic E-state index is -4.84. The highest BCUT2D eigenvalue weighted by atomic mass is 19.4.